The molecule has 2 aliphatic heterocycles. The molecule has 1 N–H and O–H groups in total. The summed E-state index contributed by atoms with van der Waals surface area (Å²) in [5.41, 5.74) is -0.627. The lowest BCUT2D eigenvalue weighted by Gasteiger charge is -2.30. The number of nitro groups is 1. The number of benzene rings is 2. The molecule has 1 saturated heterocycles. The van der Waals surface area contributed by atoms with Gasteiger partial charge in [-0.25, -0.2) is 12.8 Å². The molecule has 0 radical (unpaired) electrons. The molecular weight excluding hydrogens is 445 g/mol. The van der Waals surface area contributed by atoms with Crippen molar-refractivity contribution in [3.05, 3.63) is 52.3 Å². The van der Waals surface area contributed by atoms with Crippen LogP contribution >= 0.6 is 0 Å². The highest BCUT2D eigenvalue weighted by molar-refractivity contribution is 7.89. The van der Waals surface area contributed by atoms with Gasteiger partial charge in [-0.15, -0.1) is 0 Å². The van der Waals surface area contributed by atoms with E-state index in [1.54, 1.807) is 6.07 Å². The second kappa shape index (κ2) is 8.71. The van der Waals surface area contributed by atoms with E-state index in [4.69, 9.17) is 9.47 Å². The second-order valence-electron chi connectivity index (χ2n) is 7.39. The van der Waals surface area contributed by atoms with E-state index in [0.29, 0.717) is 24.7 Å². The molecule has 0 unspecified atom stereocenters. The molecule has 1 amide bonds. The van der Waals surface area contributed by atoms with Gasteiger partial charge in [-0.2, -0.15) is 4.31 Å². The average molecular weight is 465 g/mol. The Kier molecular flexibility index (Phi) is 5.98. The molecule has 0 aliphatic carbocycles. The van der Waals surface area contributed by atoms with Gasteiger partial charge in [0.2, 0.25) is 15.9 Å². The Labute approximate surface area is 183 Å². The van der Waals surface area contributed by atoms with Gasteiger partial charge in [0.05, 0.1) is 15.5 Å². The number of amides is 1. The third-order valence-corrected chi connectivity index (χ3v) is 7.29. The van der Waals surface area contributed by atoms with Gasteiger partial charge in [-0.1, -0.05) is 0 Å². The summed E-state index contributed by atoms with van der Waals surface area (Å²) >= 11 is 0. The van der Waals surface area contributed by atoms with Crippen LogP contribution in [0.4, 0.5) is 15.8 Å². The van der Waals surface area contributed by atoms with Crippen LogP contribution in [0.25, 0.3) is 0 Å². The van der Waals surface area contributed by atoms with Gasteiger partial charge in [0.1, 0.15) is 19.0 Å². The molecule has 2 heterocycles. The van der Waals surface area contributed by atoms with E-state index >= 15 is 0 Å². The summed E-state index contributed by atoms with van der Waals surface area (Å²) in [6, 6.07) is 7.30. The smallest absolute Gasteiger partial charge is 0.271 e. The Hall–Kier alpha value is -3.25. The van der Waals surface area contributed by atoms with E-state index in [1.807, 2.05) is 0 Å². The Balaban J connectivity index is 1.41. The first-order valence-corrected chi connectivity index (χ1v) is 11.3. The SMILES string of the molecule is O=C(Nc1cc([N+](=O)[O-])ccc1F)C1CCN(S(=O)(=O)c2ccc3c(c2)OCCO3)CC1. The molecule has 0 bridgehead atoms. The minimum atomic E-state index is -3.79. The summed E-state index contributed by atoms with van der Waals surface area (Å²) in [6.45, 7) is 0.940. The number of rotatable bonds is 5. The van der Waals surface area contributed by atoms with Crippen LogP contribution in [-0.2, 0) is 14.8 Å². The quantitative estimate of drug-likeness (QED) is 0.531. The number of fused-ring (bicyclic) bond motifs is 1. The number of nitrogens with one attached hydrogen (secondary N) is 1. The van der Waals surface area contributed by atoms with Crippen LogP contribution in [0.3, 0.4) is 0 Å². The minimum absolute atomic E-state index is 0.0725. The maximum atomic E-state index is 13.9. The van der Waals surface area contributed by atoms with Crippen LogP contribution in [0.5, 0.6) is 11.5 Å². The molecular formula is C20H20FN3O7S. The van der Waals surface area contributed by atoms with Crippen molar-refractivity contribution in [1.29, 1.82) is 0 Å². The number of nitrogens with zero attached hydrogens (tertiary/aromatic N) is 2. The Morgan fingerprint density at radius 1 is 1.09 bits per heavy atom. The molecule has 0 atom stereocenters. The molecule has 32 heavy (non-hydrogen) atoms. The monoisotopic (exact) mass is 465 g/mol. The number of hydrogen-bond donors (Lipinski definition) is 1. The topological polar surface area (TPSA) is 128 Å². The molecule has 0 aromatic heterocycles. The first kappa shape index (κ1) is 22.0. The first-order chi connectivity index (χ1) is 15.3. The maximum absolute atomic E-state index is 13.9. The number of sulfonamides is 1. The summed E-state index contributed by atoms with van der Waals surface area (Å²) in [5, 5.41) is 13.2. The Morgan fingerprint density at radius 2 is 1.78 bits per heavy atom. The van der Waals surface area contributed by atoms with Crippen molar-refractivity contribution in [2.45, 2.75) is 17.7 Å². The number of carbonyl (C=O) groups excluding carboxylic acids is 1. The van der Waals surface area contributed by atoms with Gasteiger partial charge in [0, 0.05) is 37.2 Å². The normalized spacial score (nSPS) is 17.0. The fraction of sp³-hybridized carbons (Fsp3) is 0.350. The number of non-ortho nitro benzene ring substituents is 1. The van der Waals surface area contributed by atoms with E-state index in [0.717, 1.165) is 18.2 Å². The van der Waals surface area contributed by atoms with Gasteiger partial charge in [0.15, 0.2) is 11.5 Å². The number of halogens is 1. The van der Waals surface area contributed by atoms with Gasteiger partial charge in [-0.05, 0) is 31.0 Å². The van der Waals surface area contributed by atoms with Crippen molar-refractivity contribution in [3.63, 3.8) is 0 Å². The van der Waals surface area contributed by atoms with Crippen LogP contribution in [0.2, 0.25) is 0 Å². The lowest BCUT2D eigenvalue weighted by molar-refractivity contribution is -0.384. The second-order valence-corrected chi connectivity index (χ2v) is 9.33. The van der Waals surface area contributed by atoms with Crippen LogP contribution in [0, 0.1) is 21.8 Å². The maximum Gasteiger partial charge on any atom is 0.271 e. The van der Waals surface area contributed by atoms with Gasteiger partial charge in [0.25, 0.3) is 5.69 Å². The van der Waals surface area contributed by atoms with E-state index in [-0.39, 0.29) is 42.2 Å². The van der Waals surface area contributed by atoms with E-state index in [2.05, 4.69) is 5.32 Å². The van der Waals surface area contributed by atoms with Crippen molar-refractivity contribution >= 4 is 27.3 Å². The zero-order chi connectivity index (χ0) is 22.9. The fourth-order valence-corrected chi connectivity index (χ4v) is 5.13. The molecule has 10 nitrogen and oxygen atoms in total. The molecule has 12 heteroatoms. The number of carbonyl (C=O) groups is 1. The largest absolute Gasteiger partial charge is 0.486 e. The fourth-order valence-electron chi connectivity index (χ4n) is 3.65. The van der Waals surface area contributed by atoms with E-state index in [9.17, 15) is 27.7 Å². The third kappa shape index (κ3) is 4.36. The zero-order valence-corrected chi connectivity index (χ0v) is 17.6. The predicted octanol–water partition coefficient (Wildman–Crippen LogP) is 2.54. The highest BCUT2D eigenvalue weighted by atomic mass is 32.2. The first-order valence-electron chi connectivity index (χ1n) is 9.90. The van der Waals surface area contributed by atoms with Crippen molar-refractivity contribution < 1.29 is 32.0 Å². The highest BCUT2D eigenvalue weighted by Crippen LogP contribution is 2.34. The summed E-state index contributed by atoms with van der Waals surface area (Å²) in [4.78, 5) is 22.8. The van der Waals surface area contributed by atoms with Crippen LogP contribution in [0.1, 0.15) is 12.8 Å². The van der Waals surface area contributed by atoms with Crippen molar-refractivity contribution in [2.24, 2.45) is 5.92 Å². The van der Waals surface area contributed by atoms with Gasteiger partial charge >= 0.3 is 0 Å². The molecule has 0 saturated carbocycles. The number of hydrogen-bond acceptors (Lipinski definition) is 7. The summed E-state index contributed by atoms with van der Waals surface area (Å²) in [7, 11) is -3.79. The number of piperidine rings is 1. The lowest BCUT2D eigenvalue weighted by atomic mass is 9.97. The standard InChI is InChI=1S/C20H20FN3O7S/c21-16-3-1-14(24(26)27)11-17(16)22-20(25)13-5-7-23(8-6-13)32(28,29)15-2-4-18-19(12-15)31-10-9-30-18/h1-4,11-13H,5-10H2,(H,22,25). The summed E-state index contributed by atoms with van der Waals surface area (Å²) in [5.74, 6) is -1.01. The molecule has 4 rings (SSSR count). The van der Waals surface area contributed by atoms with Crippen LogP contribution in [-0.4, -0.2) is 49.9 Å². The van der Waals surface area contributed by atoms with Crippen LogP contribution in [0.15, 0.2) is 41.3 Å². The molecule has 1 fully saturated rings. The van der Waals surface area contributed by atoms with Gasteiger partial charge < -0.3 is 14.8 Å². The van der Waals surface area contributed by atoms with Crippen molar-refractivity contribution in [3.8, 4) is 11.5 Å². The summed E-state index contributed by atoms with van der Waals surface area (Å²) in [6.07, 6.45) is 0.457. The molecule has 2 aliphatic rings. The number of ether oxygens (including phenoxy) is 2. The Morgan fingerprint density at radius 3 is 2.47 bits per heavy atom. The zero-order valence-electron chi connectivity index (χ0n) is 16.8. The molecule has 2 aromatic carbocycles. The minimum Gasteiger partial charge on any atom is -0.486 e. The third-order valence-electron chi connectivity index (χ3n) is 5.39. The van der Waals surface area contributed by atoms with Crippen molar-refractivity contribution in [1.82, 2.24) is 4.31 Å². The highest BCUT2D eigenvalue weighted by Gasteiger charge is 2.33. The average Bonchev–Trinajstić information content (AvgIpc) is 2.80. The molecule has 170 valence electrons. The van der Waals surface area contributed by atoms with E-state index in [1.165, 1.54) is 16.4 Å². The summed E-state index contributed by atoms with van der Waals surface area (Å²) < 4.78 is 52.1. The molecule has 0 spiro atoms. The van der Waals surface area contributed by atoms with Gasteiger partial charge in [-0.3, -0.25) is 14.9 Å². The molecule has 2 aromatic rings. The predicted molar refractivity (Wildman–Crippen MR) is 111 cm³/mol. The van der Waals surface area contributed by atoms with Crippen LogP contribution < -0.4 is 14.8 Å². The van der Waals surface area contributed by atoms with E-state index < -0.39 is 32.6 Å². The number of nitro benzene ring substituents is 1. The number of anilines is 1. The van der Waals surface area contributed by atoms with Crippen molar-refractivity contribution in [2.75, 3.05) is 31.6 Å². The lowest BCUT2D eigenvalue weighted by Crippen LogP contribution is -2.41. The Bertz CT molecular complexity index is 1160.